The molecule has 1 heterocycles. The number of carbonyl (C=O) groups is 1. The monoisotopic (exact) mass is 676 g/mol. The summed E-state index contributed by atoms with van der Waals surface area (Å²) in [5.74, 6) is 0. The molecular weight excluding hydrogens is 653 g/mol. The van der Waals surface area contributed by atoms with E-state index in [1.54, 1.807) is 0 Å². The number of hydrogen-bond acceptors (Lipinski definition) is 18. The van der Waals surface area contributed by atoms with Crippen LogP contribution in [-0.2, 0) is 29.8 Å². The van der Waals surface area contributed by atoms with Gasteiger partial charge in [0.2, 0.25) is 0 Å². The number of aliphatic hydroxyl groups is 5. The van der Waals surface area contributed by atoms with Crippen LogP contribution < -0.4 is 56.6 Å². The molecule has 0 bridgehead atoms. The van der Waals surface area contributed by atoms with E-state index < -0.39 is 88.6 Å². The first-order valence-electron chi connectivity index (χ1n) is 10.8. The molecule has 2 aromatic carbocycles. The smallest absolute Gasteiger partial charge is 0.870 e. The van der Waals surface area contributed by atoms with Crippen molar-refractivity contribution in [1.29, 1.82) is 0 Å². The minimum atomic E-state index is -5.13. The molecule has 1 aliphatic rings. The van der Waals surface area contributed by atoms with Gasteiger partial charge in [0.1, 0.15) is 51.4 Å². The largest absolute Gasteiger partial charge is 1.00 e. The molecule has 46 heavy (non-hydrogen) atoms. The Balaban J connectivity index is -0.000000417. The first kappa shape index (κ1) is 50.8. The van der Waals surface area contributed by atoms with Gasteiger partial charge in [-0.2, -0.15) is 0 Å². The van der Waals surface area contributed by atoms with Crippen LogP contribution in [0.2, 0.25) is 0 Å². The molecule has 1 unspecified atom stereocenters. The van der Waals surface area contributed by atoms with E-state index >= 15 is 0 Å². The second kappa shape index (κ2) is 21.8. The number of rotatable bonds is 7. The molecule has 2 aromatic rings. The van der Waals surface area contributed by atoms with Gasteiger partial charge in [-0.05, 0) is 23.3 Å². The summed E-state index contributed by atoms with van der Waals surface area (Å²) in [4.78, 5) is 25.8. The van der Waals surface area contributed by atoms with Crippen molar-refractivity contribution >= 4 is 50.6 Å². The van der Waals surface area contributed by atoms with Gasteiger partial charge in [0.05, 0.1) is 26.2 Å². The van der Waals surface area contributed by atoms with Crippen molar-refractivity contribution in [3.05, 3.63) is 67.8 Å². The number of benzene rings is 2. The normalized spacial score (nSPS) is 20.4. The molecule has 5 atom stereocenters. The van der Waals surface area contributed by atoms with Crippen molar-refractivity contribution < 1.29 is 133 Å². The van der Waals surface area contributed by atoms with Gasteiger partial charge in [0.25, 0.3) is 11.4 Å². The van der Waals surface area contributed by atoms with E-state index in [-0.39, 0.29) is 73.2 Å². The Hall–Kier alpha value is -2.02. The summed E-state index contributed by atoms with van der Waals surface area (Å²) in [7, 11) is -10.3. The molecule has 0 aliphatic carbocycles. The second-order valence-electron chi connectivity index (χ2n) is 7.92. The molecule has 1 saturated heterocycles. The van der Waals surface area contributed by atoms with Gasteiger partial charge in [-0.25, -0.2) is 16.8 Å². The standard InChI is InChI=1S/C14H10N2O10S2.C6H12O6.CH2O.3Li.H2O/c17-15(18)11-5-3-9(13(7-11)27(21,22)23)1-2-10-4-6-12(16(19)20)8-14(10)28(24,25)26;7-1-2-3(8)4(9)5(10)6(11)12-2;1-2;;;;/h1-8H,(H,21,22,23)(H,24,25,26);2-11H,1H2;1H2;;;;1H2/q;;;3*+1;/p-3/b2-1+;;;;;;/t;2-,3-,4+,5-,6?;;;;;/m.1...../s1. The second-order valence-corrected chi connectivity index (χ2v) is 10.6. The fourth-order valence-electron chi connectivity index (χ4n) is 3.24. The van der Waals surface area contributed by atoms with Crippen LogP contribution in [0, 0.1) is 20.2 Å². The van der Waals surface area contributed by atoms with Crippen LogP contribution in [0.15, 0.2) is 46.2 Å². The molecule has 6 N–H and O–H groups in total. The van der Waals surface area contributed by atoms with E-state index in [0.717, 1.165) is 36.4 Å². The van der Waals surface area contributed by atoms with Crippen LogP contribution in [-0.4, -0.2) is 111 Å². The van der Waals surface area contributed by atoms with Gasteiger partial charge in [-0.1, -0.05) is 12.2 Å². The van der Waals surface area contributed by atoms with Crippen molar-refractivity contribution in [3.63, 3.8) is 0 Å². The number of nitro groups is 2. The van der Waals surface area contributed by atoms with E-state index in [1.165, 1.54) is 0 Å². The maximum atomic E-state index is 11.4. The van der Waals surface area contributed by atoms with Crippen molar-refractivity contribution in [2.24, 2.45) is 0 Å². The fraction of sp³-hybridized carbons (Fsp3) is 0.286. The predicted molar refractivity (Wildman–Crippen MR) is 136 cm³/mol. The molecular formula is C21H23Li3N2O18S2. The van der Waals surface area contributed by atoms with E-state index in [2.05, 4.69) is 4.74 Å². The Bertz CT molecular complexity index is 1440. The molecule has 0 saturated carbocycles. The number of nitrogens with zero attached hydrogens (tertiary/aromatic N) is 2. The molecule has 0 aromatic heterocycles. The zero-order valence-electron chi connectivity index (χ0n) is 24.2. The molecule has 20 nitrogen and oxygen atoms in total. The van der Waals surface area contributed by atoms with Crippen LogP contribution >= 0.6 is 0 Å². The van der Waals surface area contributed by atoms with Crippen LogP contribution in [0.25, 0.3) is 12.2 Å². The minimum absolute atomic E-state index is 0. The zero-order chi connectivity index (χ0) is 32.6. The first-order valence-corrected chi connectivity index (χ1v) is 13.6. The number of carbonyl (C=O) groups excluding carboxylic acids is 1. The number of aliphatic hydroxyl groups excluding tert-OH is 5. The molecule has 1 fully saturated rings. The topological polar surface area (TPSA) is 358 Å². The van der Waals surface area contributed by atoms with Crippen molar-refractivity contribution in [1.82, 2.24) is 0 Å². The Labute approximate surface area is 296 Å². The van der Waals surface area contributed by atoms with Gasteiger partial charge in [-0.15, -0.1) is 0 Å². The van der Waals surface area contributed by atoms with Gasteiger partial charge in [0, 0.05) is 24.3 Å². The number of ether oxygens (including phenoxy) is 1. The molecule has 25 heteroatoms. The van der Waals surface area contributed by atoms with Crippen LogP contribution in [0.4, 0.5) is 11.4 Å². The average Bonchev–Trinajstić information content (AvgIpc) is 2.92. The van der Waals surface area contributed by atoms with Crippen LogP contribution in [0.1, 0.15) is 11.1 Å². The Kier molecular flexibility index (Phi) is 24.1. The SMILES string of the molecule is C=O.O=[N+]([O-])c1ccc(/C=C/c2ccc([N+](=O)[O-])cc2S(=O)(=O)[O-])c(S(=O)(=O)[O-])c1.OC[C@H]1OC(O)[C@H](O)[C@@H](O)[C@@H]1O.[Li+].[Li+].[Li+].[OH-]. The third kappa shape index (κ3) is 14.0. The maximum absolute atomic E-state index is 11.4. The molecule has 240 valence electrons. The van der Waals surface area contributed by atoms with E-state index in [4.69, 9.17) is 30.3 Å². The van der Waals surface area contributed by atoms with Crippen molar-refractivity contribution in [3.8, 4) is 0 Å². The van der Waals surface area contributed by atoms with Gasteiger partial charge < -0.3 is 49.6 Å². The van der Waals surface area contributed by atoms with Crippen molar-refractivity contribution in [2.75, 3.05) is 6.61 Å². The third-order valence-electron chi connectivity index (χ3n) is 5.26. The summed E-state index contributed by atoms with van der Waals surface area (Å²) in [5, 5.41) is 66.2. The quantitative estimate of drug-likeness (QED) is 0.0597. The summed E-state index contributed by atoms with van der Waals surface area (Å²) < 4.78 is 72.7. The Morgan fingerprint density at radius 1 is 0.739 bits per heavy atom. The average molecular weight is 676 g/mol. The van der Waals surface area contributed by atoms with Gasteiger partial charge in [0.15, 0.2) is 6.29 Å². The molecule has 3 rings (SSSR count). The molecule has 0 radical (unpaired) electrons. The zero-order valence-corrected chi connectivity index (χ0v) is 25.8. The number of non-ortho nitro benzene ring substituents is 2. The maximum Gasteiger partial charge on any atom is 1.00 e. The molecule has 1 aliphatic heterocycles. The van der Waals surface area contributed by atoms with Gasteiger partial charge >= 0.3 is 56.6 Å². The summed E-state index contributed by atoms with van der Waals surface area (Å²) in [6, 6.07) is 4.77. The van der Waals surface area contributed by atoms with Crippen LogP contribution in [0.3, 0.4) is 0 Å². The number of nitro benzene ring substituents is 2. The summed E-state index contributed by atoms with van der Waals surface area (Å²) >= 11 is 0. The van der Waals surface area contributed by atoms with E-state index in [1.807, 2.05) is 6.79 Å². The van der Waals surface area contributed by atoms with Gasteiger partial charge in [-0.3, -0.25) is 20.2 Å². The first-order chi connectivity index (χ1) is 19.4. The van der Waals surface area contributed by atoms with Crippen molar-refractivity contribution in [2.45, 2.75) is 40.5 Å². The predicted octanol–water partition coefficient (Wildman–Crippen LogP) is -11.1. The minimum Gasteiger partial charge on any atom is -0.870 e. The summed E-state index contributed by atoms with van der Waals surface area (Å²) in [6.45, 7) is 1.47. The molecule has 0 amide bonds. The third-order valence-corrected chi connectivity index (χ3v) is 7.05. The van der Waals surface area contributed by atoms with Crippen LogP contribution in [0.5, 0.6) is 0 Å². The summed E-state index contributed by atoms with van der Waals surface area (Å²) in [6.07, 6.45) is -5.17. The Morgan fingerprint density at radius 2 is 1.09 bits per heavy atom. The fourth-order valence-corrected chi connectivity index (χ4v) is 4.62. The van der Waals surface area contributed by atoms with E-state index in [0.29, 0.717) is 12.1 Å². The Morgan fingerprint density at radius 3 is 1.37 bits per heavy atom. The molecule has 0 spiro atoms. The summed E-state index contributed by atoms with van der Waals surface area (Å²) in [5.41, 5.74) is -1.95. The van der Waals surface area contributed by atoms with E-state index in [9.17, 15) is 46.2 Å². The number of hydrogen-bond donors (Lipinski definition) is 5.